The number of nitrogens with one attached hydrogen (secondary N) is 1. The number of carbonyl (C=O) groups is 2. The summed E-state index contributed by atoms with van der Waals surface area (Å²) in [5, 5.41) is 2.97. The normalized spacial score (nSPS) is 11.9. The highest BCUT2D eigenvalue weighted by atomic mass is 32.2. The molecule has 2 amide bonds. The molecule has 0 aliphatic heterocycles. The summed E-state index contributed by atoms with van der Waals surface area (Å²) in [5.41, 5.74) is 2.85. The van der Waals surface area contributed by atoms with Crippen molar-refractivity contribution < 1.29 is 27.5 Å². The lowest BCUT2D eigenvalue weighted by Crippen LogP contribution is -2.54. The monoisotopic (exact) mass is 657 g/mol. The predicted octanol–water partition coefficient (Wildman–Crippen LogP) is 5.76. The lowest BCUT2D eigenvalue weighted by atomic mass is 10.0. The van der Waals surface area contributed by atoms with Crippen LogP contribution in [0.4, 0.5) is 5.69 Å². The zero-order chi connectivity index (χ0) is 34.0. The molecule has 0 saturated carbocycles. The predicted molar refractivity (Wildman–Crippen MR) is 184 cm³/mol. The molecule has 248 valence electrons. The van der Waals surface area contributed by atoms with E-state index in [0.29, 0.717) is 23.8 Å². The summed E-state index contributed by atoms with van der Waals surface area (Å²) in [6.07, 6.45) is 0.227. The van der Waals surface area contributed by atoms with Gasteiger partial charge in [-0.05, 0) is 87.4 Å². The Morgan fingerprint density at radius 3 is 2.11 bits per heavy atom. The third-order valence-corrected chi connectivity index (χ3v) is 9.30. The minimum Gasteiger partial charge on any atom is -0.497 e. The lowest BCUT2D eigenvalue weighted by molar-refractivity contribution is -0.140. The van der Waals surface area contributed by atoms with E-state index >= 15 is 0 Å². The van der Waals surface area contributed by atoms with Gasteiger partial charge in [0.05, 0.1) is 24.3 Å². The average Bonchev–Trinajstić information content (AvgIpc) is 3.06. The van der Waals surface area contributed by atoms with E-state index in [1.807, 2.05) is 70.2 Å². The van der Waals surface area contributed by atoms with Gasteiger partial charge in [-0.1, -0.05) is 60.2 Å². The van der Waals surface area contributed by atoms with Gasteiger partial charge < -0.3 is 19.7 Å². The van der Waals surface area contributed by atoms with Gasteiger partial charge in [0.2, 0.25) is 11.8 Å². The van der Waals surface area contributed by atoms with Crippen LogP contribution in [-0.4, -0.2) is 57.5 Å². The summed E-state index contributed by atoms with van der Waals surface area (Å²) in [6.45, 7) is 7.40. The first-order valence-electron chi connectivity index (χ1n) is 15.6. The molecule has 4 rings (SSSR count). The van der Waals surface area contributed by atoms with E-state index in [1.165, 1.54) is 17.0 Å². The molecule has 0 aliphatic carbocycles. The summed E-state index contributed by atoms with van der Waals surface area (Å²) >= 11 is 0. The fourth-order valence-electron chi connectivity index (χ4n) is 5.14. The maximum absolute atomic E-state index is 14.6. The molecular formula is C37H43N3O6S. The second-order valence-electron chi connectivity index (χ2n) is 11.5. The Morgan fingerprint density at radius 1 is 0.830 bits per heavy atom. The van der Waals surface area contributed by atoms with Gasteiger partial charge in [-0.15, -0.1) is 0 Å². The average molecular weight is 658 g/mol. The van der Waals surface area contributed by atoms with Gasteiger partial charge >= 0.3 is 0 Å². The zero-order valence-electron chi connectivity index (χ0n) is 27.6. The van der Waals surface area contributed by atoms with Crippen LogP contribution in [0, 0.1) is 6.92 Å². The molecule has 0 saturated heterocycles. The highest BCUT2D eigenvalue weighted by molar-refractivity contribution is 7.92. The summed E-state index contributed by atoms with van der Waals surface area (Å²) < 4.78 is 40.5. The standard InChI is InChI=1S/C37H43N3O6S/c1-6-46-32-19-21-34(22-20-32)47(43,44)40(31-17-15-28(4)16-18-31)26-36(41)39(25-30-13-10-14-33(23-30)45-5)35(37(42)38-27(2)3)24-29-11-8-7-9-12-29/h7-23,27,35H,6,24-26H2,1-5H3,(H,38,42)/t35-/m0/s1. The number of benzene rings is 4. The molecule has 0 unspecified atom stereocenters. The van der Waals surface area contributed by atoms with Crippen molar-refractivity contribution >= 4 is 27.5 Å². The number of methoxy groups -OCH3 is 1. The quantitative estimate of drug-likeness (QED) is 0.174. The highest BCUT2D eigenvalue weighted by Gasteiger charge is 2.35. The van der Waals surface area contributed by atoms with Crippen LogP contribution < -0.4 is 19.1 Å². The lowest BCUT2D eigenvalue weighted by Gasteiger charge is -2.34. The van der Waals surface area contributed by atoms with Crippen molar-refractivity contribution in [1.82, 2.24) is 10.2 Å². The number of ether oxygens (including phenoxy) is 2. The van der Waals surface area contributed by atoms with E-state index in [0.717, 1.165) is 21.0 Å². The molecule has 0 spiro atoms. The van der Waals surface area contributed by atoms with E-state index in [-0.39, 0.29) is 29.8 Å². The van der Waals surface area contributed by atoms with Gasteiger partial charge in [0.25, 0.3) is 10.0 Å². The van der Waals surface area contributed by atoms with Crippen LogP contribution in [0.3, 0.4) is 0 Å². The number of anilines is 1. The third kappa shape index (κ3) is 9.36. The Balaban J connectivity index is 1.80. The summed E-state index contributed by atoms with van der Waals surface area (Å²) in [7, 11) is -2.67. The van der Waals surface area contributed by atoms with Gasteiger partial charge in [-0.3, -0.25) is 13.9 Å². The molecule has 9 nitrogen and oxygen atoms in total. The number of carbonyl (C=O) groups excluding carboxylic acids is 2. The number of aryl methyl sites for hydroxylation is 1. The Labute approximate surface area is 278 Å². The fraction of sp³-hybridized carbons (Fsp3) is 0.297. The molecule has 0 aromatic heterocycles. The Morgan fingerprint density at radius 2 is 1.49 bits per heavy atom. The highest BCUT2D eigenvalue weighted by Crippen LogP contribution is 2.27. The molecule has 0 fully saturated rings. The Hall–Kier alpha value is -4.83. The number of hydrogen-bond donors (Lipinski definition) is 1. The van der Waals surface area contributed by atoms with Gasteiger partial charge in [-0.2, -0.15) is 0 Å². The minimum absolute atomic E-state index is 0.00654. The molecule has 0 bridgehead atoms. The topological polar surface area (TPSA) is 105 Å². The van der Waals surface area contributed by atoms with Gasteiger partial charge in [0.1, 0.15) is 24.1 Å². The van der Waals surface area contributed by atoms with Crippen molar-refractivity contribution in [2.45, 2.75) is 57.6 Å². The molecule has 0 heterocycles. The molecule has 10 heteroatoms. The van der Waals surface area contributed by atoms with Crippen LogP contribution in [-0.2, 0) is 32.6 Å². The maximum Gasteiger partial charge on any atom is 0.264 e. The van der Waals surface area contributed by atoms with Crippen molar-refractivity contribution in [3.05, 3.63) is 120 Å². The minimum atomic E-state index is -4.22. The number of sulfonamides is 1. The van der Waals surface area contributed by atoms with Crippen LogP contribution in [0.2, 0.25) is 0 Å². The summed E-state index contributed by atoms with van der Waals surface area (Å²) in [6, 6.07) is 28.6. The summed E-state index contributed by atoms with van der Waals surface area (Å²) in [5.74, 6) is 0.258. The van der Waals surface area contributed by atoms with Crippen molar-refractivity contribution in [2.24, 2.45) is 0 Å². The van der Waals surface area contributed by atoms with Crippen LogP contribution in [0.1, 0.15) is 37.5 Å². The maximum atomic E-state index is 14.6. The van der Waals surface area contributed by atoms with E-state index in [1.54, 1.807) is 55.6 Å². The van der Waals surface area contributed by atoms with Crippen LogP contribution in [0.15, 0.2) is 108 Å². The van der Waals surface area contributed by atoms with Crippen LogP contribution in [0.25, 0.3) is 0 Å². The van der Waals surface area contributed by atoms with E-state index in [2.05, 4.69) is 5.32 Å². The SMILES string of the molecule is CCOc1ccc(S(=O)(=O)N(CC(=O)N(Cc2cccc(OC)c2)[C@@H](Cc2ccccc2)C(=O)NC(C)C)c2ccc(C)cc2)cc1. The van der Waals surface area contributed by atoms with Crippen LogP contribution >= 0.6 is 0 Å². The van der Waals surface area contributed by atoms with Gasteiger partial charge in [0, 0.05) is 19.0 Å². The Kier molecular flexibility index (Phi) is 12.0. The second-order valence-corrected chi connectivity index (χ2v) is 13.4. The van der Waals surface area contributed by atoms with Crippen molar-refractivity contribution in [3.63, 3.8) is 0 Å². The molecule has 4 aromatic carbocycles. The number of rotatable bonds is 15. The van der Waals surface area contributed by atoms with Gasteiger partial charge in [-0.25, -0.2) is 8.42 Å². The van der Waals surface area contributed by atoms with E-state index in [9.17, 15) is 18.0 Å². The first-order valence-corrected chi connectivity index (χ1v) is 17.0. The Bertz CT molecular complexity index is 1730. The molecule has 47 heavy (non-hydrogen) atoms. The van der Waals surface area contributed by atoms with Crippen molar-refractivity contribution in [2.75, 3.05) is 24.6 Å². The number of amides is 2. The molecule has 4 aromatic rings. The van der Waals surface area contributed by atoms with Crippen molar-refractivity contribution in [1.29, 1.82) is 0 Å². The first-order chi connectivity index (χ1) is 22.5. The number of hydrogen-bond acceptors (Lipinski definition) is 6. The second kappa shape index (κ2) is 16.1. The fourth-order valence-corrected chi connectivity index (χ4v) is 6.56. The van der Waals surface area contributed by atoms with E-state index < -0.39 is 28.5 Å². The molecule has 1 N–H and O–H groups in total. The first kappa shape index (κ1) is 35.0. The molecule has 0 aliphatic rings. The molecule has 0 radical (unpaired) electrons. The van der Waals surface area contributed by atoms with Gasteiger partial charge in [0.15, 0.2) is 0 Å². The molecule has 1 atom stereocenters. The molecular weight excluding hydrogens is 614 g/mol. The van der Waals surface area contributed by atoms with Crippen molar-refractivity contribution in [3.8, 4) is 11.5 Å². The summed E-state index contributed by atoms with van der Waals surface area (Å²) in [4.78, 5) is 29.9. The largest absolute Gasteiger partial charge is 0.497 e. The van der Waals surface area contributed by atoms with Crippen LogP contribution in [0.5, 0.6) is 11.5 Å². The van der Waals surface area contributed by atoms with E-state index in [4.69, 9.17) is 9.47 Å². The third-order valence-electron chi connectivity index (χ3n) is 7.51. The zero-order valence-corrected chi connectivity index (χ0v) is 28.4. The number of nitrogens with zero attached hydrogens (tertiary/aromatic N) is 2. The smallest absolute Gasteiger partial charge is 0.264 e.